The Hall–Kier alpha value is -1.65. The van der Waals surface area contributed by atoms with Gasteiger partial charge in [0.25, 0.3) is 5.91 Å². The summed E-state index contributed by atoms with van der Waals surface area (Å²) in [5.41, 5.74) is 1.34. The van der Waals surface area contributed by atoms with Crippen molar-refractivity contribution < 1.29 is 4.79 Å². The Balaban J connectivity index is 1.98. The summed E-state index contributed by atoms with van der Waals surface area (Å²) in [6, 6.07) is 0. The lowest BCUT2D eigenvalue weighted by Gasteiger charge is -2.30. The molecule has 2 heterocycles. The lowest BCUT2D eigenvalue weighted by atomic mass is 10.00. The lowest BCUT2D eigenvalue weighted by Crippen LogP contribution is -2.34. The number of amides is 1. The molecule has 1 aliphatic heterocycles. The summed E-state index contributed by atoms with van der Waals surface area (Å²) >= 11 is 0. The first-order chi connectivity index (χ1) is 10.5. The number of aryl methyl sites for hydroxylation is 1. The molecule has 0 bridgehead atoms. The number of carbonyl (C=O) groups excluding carboxylic acids is 1. The van der Waals surface area contributed by atoms with Gasteiger partial charge in [-0.15, -0.1) is 0 Å². The third kappa shape index (κ3) is 4.42. The Bertz CT molecular complexity index is 507. The second-order valence-electron chi connectivity index (χ2n) is 6.78. The van der Waals surface area contributed by atoms with Crippen LogP contribution in [-0.4, -0.2) is 35.5 Å². The minimum absolute atomic E-state index is 0.0723. The standard InChI is InChI=1S/C17H28N4O/c1-12(2)5-8-18-16(22)15-11-19-17(20-14(15)4)21-9-6-13(3)7-10-21/h11-13H,5-10H2,1-4H3,(H,18,22). The molecule has 1 aromatic rings. The molecular weight excluding hydrogens is 276 g/mol. The van der Waals surface area contributed by atoms with Gasteiger partial charge in [0.05, 0.1) is 11.3 Å². The molecule has 0 saturated carbocycles. The van der Waals surface area contributed by atoms with Crippen LogP contribution in [-0.2, 0) is 0 Å². The third-order valence-corrected chi connectivity index (χ3v) is 4.28. The molecule has 1 fully saturated rings. The fourth-order valence-corrected chi connectivity index (χ4v) is 2.61. The van der Waals surface area contributed by atoms with E-state index in [0.29, 0.717) is 18.0 Å². The predicted molar refractivity (Wildman–Crippen MR) is 89.2 cm³/mol. The van der Waals surface area contributed by atoms with E-state index in [4.69, 9.17) is 0 Å². The van der Waals surface area contributed by atoms with Crippen molar-refractivity contribution in [2.45, 2.75) is 47.0 Å². The molecule has 0 radical (unpaired) electrons. The van der Waals surface area contributed by atoms with Gasteiger partial charge in [-0.3, -0.25) is 4.79 Å². The van der Waals surface area contributed by atoms with Crippen LogP contribution in [0.15, 0.2) is 6.20 Å². The van der Waals surface area contributed by atoms with E-state index < -0.39 is 0 Å². The molecule has 1 aliphatic rings. The van der Waals surface area contributed by atoms with Gasteiger partial charge in [-0.05, 0) is 38.0 Å². The highest BCUT2D eigenvalue weighted by molar-refractivity contribution is 5.94. The number of rotatable bonds is 5. The maximum absolute atomic E-state index is 12.2. The highest BCUT2D eigenvalue weighted by Gasteiger charge is 2.19. The molecule has 122 valence electrons. The molecule has 1 aromatic heterocycles. The fraction of sp³-hybridized carbons (Fsp3) is 0.706. The summed E-state index contributed by atoms with van der Waals surface area (Å²) < 4.78 is 0. The number of hydrogen-bond donors (Lipinski definition) is 1. The van der Waals surface area contributed by atoms with Crippen LogP contribution in [0.25, 0.3) is 0 Å². The van der Waals surface area contributed by atoms with Gasteiger partial charge in [-0.2, -0.15) is 0 Å². The van der Waals surface area contributed by atoms with Crippen molar-refractivity contribution in [2.24, 2.45) is 11.8 Å². The van der Waals surface area contributed by atoms with Crippen LogP contribution in [0.3, 0.4) is 0 Å². The molecule has 0 unspecified atom stereocenters. The van der Waals surface area contributed by atoms with Crippen LogP contribution < -0.4 is 10.2 Å². The molecule has 1 amide bonds. The highest BCUT2D eigenvalue weighted by atomic mass is 16.1. The van der Waals surface area contributed by atoms with Gasteiger partial charge >= 0.3 is 0 Å². The van der Waals surface area contributed by atoms with Crippen LogP contribution in [0.5, 0.6) is 0 Å². The largest absolute Gasteiger partial charge is 0.352 e. The Kier molecular flexibility index (Phi) is 5.75. The fourth-order valence-electron chi connectivity index (χ4n) is 2.61. The minimum Gasteiger partial charge on any atom is -0.352 e. The topological polar surface area (TPSA) is 58.1 Å². The van der Waals surface area contributed by atoms with Crippen molar-refractivity contribution in [3.05, 3.63) is 17.5 Å². The normalized spacial score (nSPS) is 16.1. The summed E-state index contributed by atoms with van der Waals surface area (Å²) in [6.07, 6.45) is 5.01. The summed E-state index contributed by atoms with van der Waals surface area (Å²) in [6.45, 7) is 11.2. The monoisotopic (exact) mass is 304 g/mol. The van der Waals surface area contributed by atoms with E-state index in [0.717, 1.165) is 37.1 Å². The van der Waals surface area contributed by atoms with Crippen LogP contribution in [0.4, 0.5) is 5.95 Å². The number of piperidine rings is 1. The highest BCUT2D eigenvalue weighted by Crippen LogP contribution is 2.20. The number of hydrogen-bond acceptors (Lipinski definition) is 4. The third-order valence-electron chi connectivity index (χ3n) is 4.28. The van der Waals surface area contributed by atoms with Crippen molar-refractivity contribution in [2.75, 3.05) is 24.5 Å². The Labute approximate surface area is 133 Å². The first kappa shape index (κ1) is 16.7. The van der Waals surface area contributed by atoms with E-state index in [9.17, 15) is 4.79 Å². The first-order valence-electron chi connectivity index (χ1n) is 8.34. The van der Waals surface area contributed by atoms with Gasteiger partial charge in [0.1, 0.15) is 0 Å². The molecule has 2 rings (SSSR count). The molecule has 0 spiro atoms. The van der Waals surface area contributed by atoms with Crippen molar-refractivity contribution in [1.29, 1.82) is 0 Å². The summed E-state index contributed by atoms with van der Waals surface area (Å²) in [7, 11) is 0. The van der Waals surface area contributed by atoms with E-state index in [-0.39, 0.29) is 5.91 Å². The maximum Gasteiger partial charge on any atom is 0.254 e. The van der Waals surface area contributed by atoms with Gasteiger partial charge in [-0.1, -0.05) is 20.8 Å². The number of nitrogens with zero attached hydrogens (tertiary/aromatic N) is 3. The van der Waals surface area contributed by atoms with Gasteiger partial charge in [-0.25, -0.2) is 9.97 Å². The summed E-state index contributed by atoms with van der Waals surface area (Å²) in [4.78, 5) is 23.3. The zero-order valence-electron chi connectivity index (χ0n) is 14.2. The predicted octanol–water partition coefficient (Wildman–Crippen LogP) is 2.80. The second kappa shape index (κ2) is 7.56. The van der Waals surface area contributed by atoms with E-state index in [1.807, 2.05) is 6.92 Å². The Morgan fingerprint density at radius 3 is 2.68 bits per heavy atom. The molecule has 22 heavy (non-hydrogen) atoms. The van der Waals surface area contributed by atoms with Gasteiger partial charge < -0.3 is 10.2 Å². The molecular formula is C17H28N4O. The lowest BCUT2D eigenvalue weighted by molar-refractivity contribution is 0.0950. The van der Waals surface area contributed by atoms with Crippen molar-refractivity contribution in [1.82, 2.24) is 15.3 Å². The van der Waals surface area contributed by atoms with Crippen molar-refractivity contribution in [3.8, 4) is 0 Å². The van der Waals surface area contributed by atoms with Crippen LogP contribution in [0.1, 0.15) is 56.1 Å². The number of nitrogens with one attached hydrogen (secondary N) is 1. The average molecular weight is 304 g/mol. The van der Waals surface area contributed by atoms with Gasteiger partial charge in [0, 0.05) is 25.8 Å². The second-order valence-corrected chi connectivity index (χ2v) is 6.78. The number of carbonyl (C=O) groups is 1. The summed E-state index contributed by atoms with van der Waals surface area (Å²) in [5, 5.41) is 2.94. The van der Waals surface area contributed by atoms with Crippen molar-refractivity contribution >= 4 is 11.9 Å². The smallest absolute Gasteiger partial charge is 0.254 e. The van der Waals surface area contributed by atoms with E-state index in [1.165, 1.54) is 12.8 Å². The summed E-state index contributed by atoms with van der Waals surface area (Å²) in [5.74, 6) is 2.05. The quantitative estimate of drug-likeness (QED) is 0.909. The van der Waals surface area contributed by atoms with Crippen molar-refractivity contribution in [3.63, 3.8) is 0 Å². The zero-order chi connectivity index (χ0) is 16.1. The van der Waals surface area contributed by atoms with E-state index in [2.05, 4.69) is 41.0 Å². The molecule has 0 aromatic carbocycles. The molecule has 0 atom stereocenters. The van der Waals surface area contributed by atoms with Gasteiger partial charge in [0.15, 0.2) is 0 Å². The maximum atomic E-state index is 12.2. The van der Waals surface area contributed by atoms with Crippen LogP contribution in [0.2, 0.25) is 0 Å². The zero-order valence-corrected chi connectivity index (χ0v) is 14.2. The van der Waals surface area contributed by atoms with E-state index >= 15 is 0 Å². The average Bonchev–Trinajstić information content (AvgIpc) is 2.47. The van der Waals surface area contributed by atoms with E-state index in [1.54, 1.807) is 6.20 Å². The number of anilines is 1. The molecule has 5 heteroatoms. The van der Waals surface area contributed by atoms with Gasteiger partial charge in [0.2, 0.25) is 5.95 Å². The first-order valence-corrected chi connectivity index (χ1v) is 8.34. The minimum atomic E-state index is -0.0723. The Morgan fingerprint density at radius 2 is 2.09 bits per heavy atom. The van der Waals surface area contributed by atoms with Crippen LogP contribution >= 0.6 is 0 Å². The molecule has 1 N–H and O–H groups in total. The molecule has 5 nitrogen and oxygen atoms in total. The number of aromatic nitrogens is 2. The molecule has 0 aliphatic carbocycles. The van der Waals surface area contributed by atoms with Crippen LogP contribution in [0, 0.1) is 18.8 Å². The SMILES string of the molecule is Cc1nc(N2CCC(C)CC2)ncc1C(=O)NCCC(C)C. The molecule has 1 saturated heterocycles. The Morgan fingerprint density at radius 1 is 1.41 bits per heavy atom.